The first-order chi connectivity index (χ1) is 6.68. The smallest absolute Gasteiger partial charge is 0.243 e. The van der Waals surface area contributed by atoms with Gasteiger partial charge in [-0.3, -0.25) is 4.79 Å². The van der Waals surface area contributed by atoms with Gasteiger partial charge in [-0.1, -0.05) is 6.92 Å². The van der Waals surface area contributed by atoms with Crippen LogP contribution < -0.4 is 0 Å². The molecule has 2 rings (SSSR count). The molecule has 3 heteroatoms. The minimum absolute atomic E-state index is 0.0894. The number of nitrogens with zero attached hydrogens (tertiary/aromatic N) is 2. The van der Waals surface area contributed by atoms with E-state index in [4.69, 9.17) is 5.26 Å². The third-order valence-corrected chi connectivity index (χ3v) is 3.32. The molecule has 0 aromatic heterocycles. The molecule has 1 amide bonds. The van der Waals surface area contributed by atoms with Gasteiger partial charge in [0.05, 0.1) is 6.07 Å². The van der Waals surface area contributed by atoms with E-state index in [-0.39, 0.29) is 5.91 Å². The summed E-state index contributed by atoms with van der Waals surface area (Å²) in [5.74, 6) is 0.689. The fourth-order valence-electron chi connectivity index (χ4n) is 2.18. The minimum Gasteiger partial charge on any atom is -0.341 e. The van der Waals surface area contributed by atoms with E-state index in [9.17, 15) is 4.79 Å². The van der Waals surface area contributed by atoms with Gasteiger partial charge >= 0.3 is 0 Å². The summed E-state index contributed by atoms with van der Waals surface area (Å²) in [6, 6.07) is 2.17. The van der Waals surface area contributed by atoms with Crippen molar-refractivity contribution in [2.45, 2.75) is 32.6 Å². The topological polar surface area (TPSA) is 44.1 Å². The molecule has 1 aliphatic carbocycles. The Morgan fingerprint density at radius 2 is 2.29 bits per heavy atom. The van der Waals surface area contributed by atoms with Crippen LogP contribution in [0.1, 0.15) is 32.6 Å². The summed E-state index contributed by atoms with van der Waals surface area (Å²) in [4.78, 5) is 13.9. The quantitative estimate of drug-likeness (QED) is 0.632. The summed E-state index contributed by atoms with van der Waals surface area (Å²) in [5.41, 5.74) is -0.614. The number of carbonyl (C=O) groups is 1. The third kappa shape index (κ3) is 1.50. The Morgan fingerprint density at radius 1 is 1.57 bits per heavy atom. The molecule has 2 fully saturated rings. The maximum Gasteiger partial charge on any atom is 0.243 e. The van der Waals surface area contributed by atoms with E-state index in [0.717, 1.165) is 32.4 Å². The number of hydrogen-bond acceptors (Lipinski definition) is 2. The van der Waals surface area contributed by atoms with Gasteiger partial charge in [-0.15, -0.1) is 0 Å². The van der Waals surface area contributed by atoms with Gasteiger partial charge in [0.2, 0.25) is 5.91 Å². The van der Waals surface area contributed by atoms with Crippen LogP contribution in [0.4, 0.5) is 0 Å². The molecular formula is C11H16N2O. The van der Waals surface area contributed by atoms with Gasteiger partial charge in [-0.05, 0) is 31.6 Å². The highest BCUT2D eigenvalue weighted by atomic mass is 16.2. The van der Waals surface area contributed by atoms with Crippen LogP contribution in [0.5, 0.6) is 0 Å². The van der Waals surface area contributed by atoms with Crippen LogP contribution in [0.3, 0.4) is 0 Å². The van der Waals surface area contributed by atoms with Crippen molar-refractivity contribution in [1.82, 2.24) is 4.90 Å². The predicted molar refractivity (Wildman–Crippen MR) is 52.3 cm³/mol. The summed E-state index contributed by atoms with van der Waals surface area (Å²) in [7, 11) is 0. The standard InChI is InChI=1S/C11H16N2O/c1-9-3-2-6-13(7-9)10(14)11(8-12)4-5-11/h9H,2-7H2,1H3. The van der Waals surface area contributed by atoms with Crippen molar-refractivity contribution in [2.24, 2.45) is 11.3 Å². The Balaban J connectivity index is 2.01. The van der Waals surface area contributed by atoms with Crippen molar-refractivity contribution < 1.29 is 4.79 Å². The first-order valence-corrected chi connectivity index (χ1v) is 5.38. The number of carbonyl (C=O) groups excluding carboxylic acids is 1. The molecule has 1 unspecified atom stereocenters. The van der Waals surface area contributed by atoms with Crippen LogP contribution in [-0.2, 0) is 4.79 Å². The second kappa shape index (κ2) is 3.27. The van der Waals surface area contributed by atoms with Gasteiger partial charge in [-0.25, -0.2) is 0 Å². The molecule has 0 N–H and O–H groups in total. The number of amides is 1. The Bertz CT molecular complexity index is 288. The molecule has 0 bridgehead atoms. The van der Waals surface area contributed by atoms with Crippen LogP contribution in [0, 0.1) is 22.7 Å². The minimum atomic E-state index is -0.614. The normalized spacial score (nSPS) is 29.4. The van der Waals surface area contributed by atoms with E-state index in [1.54, 1.807) is 0 Å². The van der Waals surface area contributed by atoms with Crippen LogP contribution in [0.15, 0.2) is 0 Å². The maximum absolute atomic E-state index is 12.0. The number of hydrogen-bond donors (Lipinski definition) is 0. The van der Waals surface area contributed by atoms with Gasteiger partial charge < -0.3 is 4.90 Å². The molecule has 3 nitrogen and oxygen atoms in total. The lowest BCUT2D eigenvalue weighted by atomic mass is 9.98. The van der Waals surface area contributed by atoms with Gasteiger partial charge in [0.15, 0.2) is 0 Å². The van der Waals surface area contributed by atoms with Crippen molar-refractivity contribution in [3.63, 3.8) is 0 Å². The lowest BCUT2D eigenvalue weighted by Crippen LogP contribution is -2.42. The number of piperidine rings is 1. The monoisotopic (exact) mass is 192 g/mol. The molecule has 1 atom stereocenters. The lowest BCUT2D eigenvalue weighted by Gasteiger charge is -2.32. The van der Waals surface area contributed by atoms with Crippen LogP contribution >= 0.6 is 0 Å². The first kappa shape index (κ1) is 9.51. The van der Waals surface area contributed by atoms with Crippen molar-refractivity contribution in [2.75, 3.05) is 13.1 Å². The molecule has 76 valence electrons. The average Bonchev–Trinajstić information content (AvgIpc) is 2.97. The molecule has 1 saturated carbocycles. The summed E-state index contributed by atoms with van der Waals surface area (Å²) in [5, 5.41) is 8.93. The predicted octanol–water partition coefficient (Wildman–Crippen LogP) is 1.55. The summed E-state index contributed by atoms with van der Waals surface area (Å²) >= 11 is 0. The SMILES string of the molecule is CC1CCCN(C(=O)C2(C#N)CC2)C1. The molecule has 0 aromatic carbocycles. The Kier molecular flexibility index (Phi) is 2.22. The van der Waals surface area contributed by atoms with E-state index in [1.807, 2.05) is 4.90 Å². The second-order valence-electron chi connectivity index (χ2n) is 4.69. The van der Waals surface area contributed by atoms with Crippen LogP contribution in [0.2, 0.25) is 0 Å². The summed E-state index contributed by atoms with van der Waals surface area (Å²) in [6.45, 7) is 3.88. The molecular weight excluding hydrogens is 176 g/mol. The molecule has 1 heterocycles. The largest absolute Gasteiger partial charge is 0.341 e. The summed E-state index contributed by atoms with van der Waals surface area (Å²) in [6.07, 6.45) is 3.85. The Labute approximate surface area is 84.7 Å². The zero-order valence-corrected chi connectivity index (χ0v) is 8.62. The van der Waals surface area contributed by atoms with E-state index in [1.165, 1.54) is 6.42 Å². The van der Waals surface area contributed by atoms with E-state index < -0.39 is 5.41 Å². The molecule has 1 aliphatic heterocycles. The molecule has 0 aromatic rings. The average molecular weight is 192 g/mol. The highest BCUT2D eigenvalue weighted by molar-refractivity contribution is 5.88. The zero-order chi connectivity index (χ0) is 10.2. The molecule has 2 aliphatic rings. The van der Waals surface area contributed by atoms with E-state index in [2.05, 4.69) is 13.0 Å². The molecule has 1 saturated heterocycles. The highest BCUT2D eigenvalue weighted by Gasteiger charge is 2.52. The van der Waals surface area contributed by atoms with E-state index in [0.29, 0.717) is 5.92 Å². The fourth-order valence-corrected chi connectivity index (χ4v) is 2.18. The second-order valence-corrected chi connectivity index (χ2v) is 4.69. The number of rotatable bonds is 1. The Morgan fingerprint density at radius 3 is 2.79 bits per heavy atom. The Hall–Kier alpha value is -1.04. The highest BCUT2D eigenvalue weighted by Crippen LogP contribution is 2.46. The van der Waals surface area contributed by atoms with Gasteiger partial charge in [-0.2, -0.15) is 5.26 Å². The van der Waals surface area contributed by atoms with Crippen molar-refractivity contribution >= 4 is 5.91 Å². The van der Waals surface area contributed by atoms with E-state index >= 15 is 0 Å². The van der Waals surface area contributed by atoms with Crippen LogP contribution in [0.25, 0.3) is 0 Å². The molecule has 0 spiro atoms. The van der Waals surface area contributed by atoms with Gasteiger partial charge in [0, 0.05) is 13.1 Å². The first-order valence-electron chi connectivity index (χ1n) is 5.38. The fraction of sp³-hybridized carbons (Fsp3) is 0.818. The number of nitriles is 1. The lowest BCUT2D eigenvalue weighted by molar-refractivity contribution is -0.136. The van der Waals surface area contributed by atoms with Gasteiger partial charge in [0.1, 0.15) is 5.41 Å². The van der Waals surface area contributed by atoms with Crippen molar-refractivity contribution in [1.29, 1.82) is 5.26 Å². The third-order valence-electron chi connectivity index (χ3n) is 3.32. The molecule has 0 radical (unpaired) electrons. The van der Waals surface area contributed by atoms with Crippen molar-refractivity contribution in [3.8, 4) is 6.07 Å². The van der Waals surface area contributed by atoms with Gasteiger partial charge in [0.25, 0.3) is 0 Å². The van der Waals surface area contributed by atoms with Crippen molar-refractivity contribution in [3.05, 3.63) is 0 Å². The summed E-state index contributed by atoms with van der Waals surface area (Å²) < 4.78 is 0. The number of likely N-dealkylation sites (tertiary alicyclic amines) is 1. The maximum atomic E-state index is 12.0. The molecule has 14 heavy (non-hydrogen) atoms. The van der Waals surface area contributed by atoms with Crippen LogP contribution in [-0.4, -0.2) is 23.9 Å². The zero-order valence-electron chi connectivity index (χ0n) is 8.62.